The van der Waals surface area contributed by atoms with Gasteiger partial charge in [0.05, 0.1) is 6.20 Å². The predicted octanol–water partition coefficient (Wildman–Crippen LogP) is 1.72. The molecule has 1 aromatic carbocycles. The summed E-state index contributed by atoms with van der Waals surface area (Å²) in [4.78, 5) is 0. The van der Waals surface area contributed by atoms with Crippen molar-refractivity contribution in [1.29, 1.82) is 0 Å². The van der Waals surface area contributed by atoms with Gasteiger partial charge < -0.3 is 0 Å². The van der Waals surface area contributed by atoms with E-state index in [9.17, 15) is 0 Å². The minimum atomic E-state index is 0.933. The summed E-state index contributed by atoms with van der Waals surface area (Å²) in [5.41, 5.74) is 3.03. The Morgan fingerprint density at radius 2 is 1.93 bits per heavy atom. The molecule has 4 nitrogen and oxygen atoms in total. The molecule has 68 valence electrons. The van der Waals surface area contributed by atoms with Crippen molar-refractivity contribution in [1.82, 2.24) is 20.0 Å². The third-order valence-electron chi connectivity index (χ3n) is 2.19. The zero-order valence-corrected chi connectivity index (χ0v) is 7.38. The van der Waals surface area contributed by atoms with Crippen molar-refractivity contribution in [2.24, 2.45) is 0 Å². The largest absolute Gasteiger partial charge is 0.197 e. The maximum Gasteiger partial charge on any atom is 0.120 e. The highest BCUT2D eigenvalue weighted by Crippen LogP contribution is 2.20. The van der Waals surface area contributed by atoms with Gasteiger partial charge in [-0.2, -0.15) is 20.0 Å². The molecule has 0 amide bonds. The van der Waals surface area contributed by atoms with Crippen LogP contribution in [0.4, 0.5) is 0 Å². The van der Waals surface area contributed by atoms with Crippen LogP contribution in [0.15, 0.2) is 42.6 Å². The zero-order chi connectivity index (χ0) is 9.38. The van der Waals surface area contributed by atoms with Crippen LogP contribution in [-0.4, -0.2) is 20.0 Å². The third-order valence-corrected chi connectivity index (χ3v) is 2.19. The summed E-state index contributed by atoms with van der Waals surface area (Å²) in [6.07, 6.45) is 1.75. The molecule has 3 rings (SSSR count). The lowest BCUT2D eigenvalue weighted by molar-refractivity contribution is 0.758. The third kappa shape index (κ3) is 0.939. The van der Waals surface area contributed by atoms with Crippen LogP contribution in [0.1, 0.15) is 0 Å². The van der Waals surface area contributed by atoms with Crippen LogP contribution in [0.25, 0.3) is 16.8 Å². The summed E-state index contributed by atoms with van der Waals surface area (Å²) in [6, 6.07) is 12.0. The maximum atomic E-state index is 4.20. The molecule has 1 N–H and O–H groups in total. The first-order valence-corrected chi connectivity index (χ1v) is 4.39. The summed E-state index contributed by atoms with van der Waals surface area (Å²) in [5.74, 6) is 0. The number of benzene rings is 1. The molecule has 0 radical (unpaired) electrons. The zero-order valence-electron chi connectivity index (χ0n) is 7.38. The van der Waals surface area contributed by atoms with Crippen molar-refractivity contribution in [3.8, 4) is 11.3 Å². The highest BCUT2D eigenvalue weighted by molar-refractivity contribution is 5.75. The number of rotatable bonds is 1. The molecule has 0 aliphatic heterocycles. The molecule has 3 aromatic rings. The number of hydrogen-bond acceptors (Lipinski definition) is 2. The average Bonchev–Trinajstić information content (AvgIpc) is 2.79. The fourth-order valence-electron chi connectivity index (χ4n) is 1.53. The quantitative estimate of drug-likeness (QED) is 0.626. The van der Waals surface area contributed by atoms with Gasteiger partial charge in [0.25, 0.3) is 0 Å². The first-order valence-electron chi connectivity index (χ1n) is 4.39. The number of hydrogen-bond donors (Lipinski definition) is 1. The number of fused-ring (bicyclic) bond motifs is 1. The fourth-order valence-corrected chi connectivity index (χ4v) is 1.53. The summed E-state index contributed by atoms with van der Waals surface area (Å²) in [7, 11) is 0. The lowest BCUT2D eigenvalue weighted by atomic mass is 10.1. The molecule has 0 saturated heterocycles. The van der Waals surface area contributed by atoms with E-state index in [0.29, 0.717) is 0 Å². The van der Waals surface area contributed by atoms with Gasteiger partial charge in [-0.3, -0.25) is 0 Å². The van der Waals surface area contributed by atoms with Crippen molar-refractivity contribution in [2.45, 2.75) is 0 Å². The maximum absolute atomic E-state index is 4.20. The summed E-state index contributed by atoms with van der Waals surface area (Å²) in [5, 5.41) is 11.1. The molecule has 0 saturated carbocycles. The minimum absolute atomic E-state index is 0.933. The molecular weight excluding hydrogens is 176 g/mol. The standard InChI is InChI=1S/C10H8N4/c1-2-4-8(5-3-1)10-9-6-7-11-14(9)13-12-10/h1-7,13H. The van der Waals surface area contributed by atoms with Gasteiger partial charge in [-0.25, -0.2) is 0 Å². The second-order valence-corrected chi connectivity index (χ2v) is 3.05. The number of H-pyrrole nitrogens is 1. The average molecular weight is 184 g/mol. The molecule has 0 spiro atoms. The smallest absolute Gasteiger partial charge is 0.120 e. The van der Waals surface area contributed by atoms with E-state index in [1.54, 1.807) is 10.8 Å². The van der Waals surface area contributed by atoms with Crippen LogP contribution in [-0.2, 0) is 0 Å². The van der Waals surface area contributed by atoms with Crippen LogP contribution >= 0.6 is 0 Å². The Morgan fingerprint density at radius 1 is 1.07 bits per heavy atom. The summed E-state index contributed by atoms with van der Waals surface area (Å²) >= 11 is 0. The summed E-state index contributed by atoms with van der Waals surface area (Å²) in [6.45, 7) is 0. The number of nitrogens with one attached hydrogen (secondary N) is 1. The molecular formula is C10H8N4. The lowest BCUT2D eigenvalue weighted by Gasteiger charge is -1.93. The van der Waals surface area contributed by atoms with Gasteiger partial charge >= 0.3 is 0 Å². The van der Waals surface area contributed by atoms with Gasteiger partial charge in [0, 0.05) is 5.56 Å². The minimum Gasteiger partial charge on any atom is -0.197 e. The van der Waals surface area contributed by atoms with Crippen LogP contribution in [0.5, 0.6) is 0 Å². The van der Waals surface area contributed by atoms with E-state index in [0.717, 1.165) is 16.8 Å². The molecule has 14 heavy (non-hydrogen) atoms. The highest BCUT2D eigenvalue weighted by atomic mass is 15.5. The van der Waals surface area contributed by atoms with Crippen molar-refractivity contribution >= 4 is 5.52 Å². The van der Waals surface area contributed by atoms with Gasteiger partial charge in [-0.1, -0.05) is 30.3 Å². The normalized spacial score (nSPS) is 10.9. The van der Waals surface area contributed by atoms with E-state index in [1.807, 2.05) is 36.4 Å². The van der Waals surface area contributed by atoms with Crippen molar-refractivity contribution in [3.05, 3.63) is 42.6 Å². The Hall–Kier alpha value is -2.10. The molecule has 0 atom stereocenters. The van der Waals surface area contributed by atoms with E-state index in [1.165, 1.54) is 0 Å². The predicted molar refractivity (Wildman–Crippen MR) is 52.8 cm³/mol. The van der Waals surface area contributed by atoms with E-state index in [2.05, 4.69) is 15.4 Å². The van der Waals surface area contributed by atoms with Gasteiger partial charge in [0.1, 0.15) is 11.2 Å². The summed E-state index contributed by atoms with van der Waals surface area (Å²) < 4.78 is 1.66. The Balaban J connectivity index is 2.28. The van der Waals surface area contributed by atoms with Gasteiger partial charge in [-0.05, 0) is 6.07 Å². The Labute approximate surface area is 80.2 Å². The van der Waals surface area contributed by atoms with Gasteiger partial charge in [0.15, 0.2) is 0 Å². The van der Waals surface area contributed by atoms with Crippen LogP contribution < -0.4 is 0 Å². The van der Waals surface area contributed by atoms with Gasteiger partial charge in [-0.15, -0.1) is 0 Å². The van der Waals surface area contributed by atoms with Crippen molar-refractivity contribution < 1.29 is 0 Å². The first kappa shape index (κ1) is 7.32. The van der Waals surface area contributed by atoms with Crippen LogP contribution in [0.2, 0.25) is 0 Å². The van der Waals surface area contributed by atoms with E-state index in [-0.39, 0.29) is 0 Å². The number of nitrogens with zero attached hydrogens (tertiary/aromatic N) is 3. The van der Waals surface area contributed by atoms with Crippen molar-refractivity contribution in [3.63, 3.8) is 0 Å². The second-order valence-electron chi connectivity index (χ2n) is 3.05. The molecule has 0 aliphatic rings. The molecule has 0 fully saturated rings. The SMILES string of the molecule is c1ccc(-c2n[nH]n3nccc23)cc1. The molecule has 2 aromatic heterocycles. The topological polar surface area (TPSA) is 46.0 Å². The number of aromatic nitrogens is 4. The lowest BCUT2D eigenvalue weighted by Crippen LogP contribution is -1.83. The molecule has 0 aliphatic carbocycles. The fraction of sp³-hybridized carbons (Fsp3) is 0. The number of aromatic amines is 1. The second kappa shape index (κ2) is 2.70. The molecule has 0 unspecified atom stereocenters. The van der Waals surface area contributed by atoms with Crippen molar-refractivity contribution in [2.75, 3.05) is 0 Å². The highest BCUT2D eigenvalue weighted by Gasteiger charge is 2.06. The Bertz CT molecular complexity index is 550. The molecule has 0 bridgehead atoms. The molecule has 4 heteroatoms. The van der Waals surface area contributed by atoms with Gasteiger partial charge in [0.2, 0.25) is 0 Å². The first-order chi connectivity index (χ1) is 6.95. The Kier molecular flexibility index (Phi) is 1.41. The van der Waals surface area contributed by atoms with E-state index >= 15 is 0 Å². The van der Waals surface area contributed by atoms with Crippen LogP contribution in [0, 0.1) is 0 Å². The molecule has 2 heterocycles. The van der Waals surface area contributed by atoms with E-state index < -0.39 is 0 Å². The van der Waals surface area contributed by atoms with Crippen LogP contribution in [0.3, 0.4) is 0 Å². The van der Waals surface area contributed by atoms with E-state index in [4.69, 9.17) is 0 Å². The Morgan fingerprint density at radius 3 is 2.79 bits per heavy atom. The monoisotopic (exact) mass is 184 g/mol.